The summed E-state index contributed by atoms with van der Waals surface area (Å²) in [6.07, 6.45) is 10.7. The molecule has 1 aliphatic carbocycles. The van der Waals surface area contributed by atoms with Crippen LogP contribution in [0.5, 0.6) is 0 Å². The third-order valence-electron chi connectivity index (χ3n) is 4.40. The highest BCUT2D eigenvalue weighted by molar-refractivity contribution is 6.00. The molecule has 0 bridgehead atoms. The van der Waals surface area contributed by atoms with Crippen LogP contribution in [0, 0.1) is 5.41 Å². The van der Waals surface area contributed by atoms with E-state index in [1.165, 1.54) is 19.3 Å². The van der Waals surface area contributed by atoms with Gasteiger partial charge in [0.1, 0.15) is 0 Å². The molecule has 0 aromatic rings. The Morgan fingerprint density at radius 1 is 1.22 bits per heavy atom. The van der Waals surface area contributed by atoms with E-state index in [1.807, 2.05) is 0 Å². The van der Waals surface area contributed by atoms with Crippen LogP contribution >= 0.6 is 0 Å². The summed E-state index contributed by atoms with van der Waals surface area (Å²) >= 11 is 0. The highest BCUT2D eigenvalue weighted by atomic mass is 16.5. The lowest BCUT2D eigenvalue weighted by atomic mass is 9.73. The Bertz CT molecular complexity index is 316. The van der Waals surface area contributed by atoms with Crippen LogP contribution in [0.3, 0.4) is 0 Å². The maximum absolute atomic E-state index is 12.8. The number of carbonyl (C=O) groups excluding carboxylic acids is 1. The lowest BCUT2D eigenvalue weighted by Gasteiger charge is -2.35. The van der Waals surface area contributed by atoms with Crippen LogP contribution in [-0.4, -0.2) is 25.5 Å². The number of nitrogens with two attached hydrogens (primary N) is 1. The minimum atomic E-state index is -0.330. The van der Waals surface area contributed by atoms with Crippen LogP contribution < -0.4 is 5.73 Å². The predicted octanol–water partition coefficient (Wildman–Crippen LogP) is 2.59. The molecular weight excluding hydrogens is 226 g/mol. The second-order valence-corrected chi connectivity index (χ2v) is 5.61. The van der Waals surface area contributed by atoms with E-state index < -0.39 is 0 Å². The van der Waals surface area contributed by atoms with Crippen LogP contribution in [0.4, 0.5) is 0 Å². The Hall–Kier alpha value is -0.670. The number of ether oxygens (including phenoxy) is 1. The zero-order chi connectivity index (χ0) is 12.8. The topological polar surface area (TPSA) is 52.3 Å². The Labute approximate surface area is 110 Å². The quantitative estimate of drug-likeness (QED) is 0.838. The Balaban J connectivity index is 2.11. The van der Waals surface area contributed by atoms with Gasteiger partial charge in [-0.3, -0.25) is 4.79 Å². The molecule has 0 amide bonds. The van der Waals surface area contributed by atoms with Gasteiger partial charge in [-0.25, -0.2) is 0 Å². The van der Waals surface area contributed by atoms with Crippen molar-refractivity contribution < 1.29 is 9.53 Å². The Morgan fingerprint density at radius 2 is 1.94 bits per heavy atom. The van der Waals surface area contributed by atoms with Crippen LogP contribution in [-0.2, 0) is 9.53 Å². The molecule has 2 rings (SSSR count). The lowest BCUT2D eigenvalue weighted by Crippen LogP contribution is -2.44. The smallest absolute Gasteiger partial charge is 0.166 e. The van der Waals surface area contributed by atoms with Gasteiger partial charge >= 0.3 is 0 Å². The molecular formula is C15H25NO2. The number of allylic oxidation sites excluding steroid dienone is 2. The average molecular weight is 251 g/mol. The molecule has 0 radical (unpaired) electrons. The van der Waals surface area contributed by atoms with Crippen molar-refractivity contribution >= 4 is 5.78 Å². The maximum atomic E-state index is 12.8. The van der Waals surface area contributed by atoms with Gasteiger partial charge in [-0.1, -0.05) is 18.9 Å². The number of hydrogen-bond donors (Lipinski definition) is 1. The molecule has 0 atom stereocenters. The van der Waals surface area contributed by atoms with E-state index in [-0.39, 0.29) is 5.41 Å². The van der Waals surface area contributed by atoms with E-state index in [0.29, 0.717) is 25.5 Å². The highest BCUT2D eigenvalue weighted by Crippen LogP contribution is 2.35. The third-order valence-corrected chi connectivity index (χ3v) is 4.40. The molecule has 3 nitrogen and oxygen atoms in total. The highest BCUT2D eigenvalue weighted by Gasteiger charge is 2.39. The van der Waals surface area contributed by atoms with Crippen LogP contribution in [0.2, 0.25) is 0 Å². The Morgan fingerprint density at radius 3 is 2.67 bits per heavy atom. The van der Waals surface area contributed by atoms with Gasteiger partial charge in [0.25, 0.3) is 0 Å². The van der Waals surface area contributed by atoms with Crippen molar-refractivity contribution in [1.82, 2.24) is 0 Å². The van der Waals surface area contributed by atoms with Crippen molar-refractivity contribution in [1.29, 1.82) is 0 Å². The Kier molecular flexibility index (Phi) is 4.95. The molecule has 18 heavy (non-hydrogen) atoms. The second kappa shape index (κ2) is 6.48. The second-order valence-electron chi connectivity index (χ2n) is 5.61. The lowest BCUT2D eigenvalue weighted by molar-refractivity contribution is -0.129. The first-order valence-corrected chi connectivity index (χ1v) is 7.30. The molecule has 0 saturated carbocycles. The average Bonchev–Trinajstić information content (AvgIpc) is 2.38. The monoisotopic (exact) mass is 251 g/mol. The van der Waals surface area contributed by atoms with Crippen LogP contribution in [0.15, 0.2) is 11.6 Å². The molecule has 0 aromatic carbocycles. The van der Waals surface area contributed by atoms with Gasteiger partial charge in [0.2, 0.25) is 0 Å². The van der Waals surface area contributed by atoms with Crippen molar-refractivity contribution in [3.05, 3.63) is 11.6 Å². The van der Waals surface area contributed by atoms with Gasteiger partial charge < -0.3 is 10.5 Å². The molecule has 1 fully saturated rings. The van der Waals surface area contributed by atoms with Crippen molar-refractivity contribution in [2.75, 3.05) is 19.8 Å². The zero-order valence-electron chi connectivity index (χ0n) is 11.2. The molecule has 2 aliphatic rings. The van der Waals surface area contributed by atoms with Gasteiger partial charge in [-0.2, -0.15) is 0 Å². The molecule has 0 aromatic heterocycles. The SMILES string of the molecule is NCC1(C(=O)C2=CCCCCCC2)CCOCC1. The minimum Gasteiger partial charge on any atom is -0.381 e. The summed E-state index contributed by atoms with van der Waals surface area (Å²) in [5.74, 6) is 0.315. The third kappa shape index (κ3) is 3.01. The van der Waals surface area contributed by atoms with Crippen LogP contribution in [0.1, 0.15) is 51.4 Å². The summed E-state index contributed by atoms with van der Waals surface area (Å²) in [6.45, 7) is 1.82. The maximum Gasteiger partial charge on any atom is 0.166 e. The summed E-state index contributed by atoms with van der Waals surface area (Å²) in [6, 6.07) is 0. The van der Waals surface area contributed by atoms with E-state index in [9.17, 15) is 4.79 Å². The fraction of sp³-hybridized carbons (Fsp3) is 0.800. The first kappa shape index (κ1) is 13.8. The van der Waals surface area contributed by atoms with Gasteiger partial charge in [0.15, 0.2) is 5.78 Å². The van der Waals surface area contributed by atoms with Crippen molar-refractivity contribution in [2.24, 2.45) is 11.1 Å². The number of ketones is 1. The summed E-state index contributed by atoms with van der Waals surface area (Å²) in [4.78, 5) is 12.8. The molecule has 0 unspecified atom stereocenters. The standard InChI is InChI=1S/C15H25NO2/c16-12-15(8-10-18-11-9-15)14(17)13-6-4-2-1-3-5-7-13/h6H,1-5,7-12,16H2. The van der Waals surface area contributed by atoms with Gasteiger partial charge in [-0.05, 0) is 44.1 Å². The number of hydrogen-bond acceptors (Lipinski definition) is 3. The predicted molar refractivity (Wildman–Crippen MR) is 72.3 cm³/mol. The van der Waals surface area contributed by atoms with E-state index in [2.05, 4.69) is 6.08 Å². The van der Waals surface area contributed by atoms with Crippen molar-refractivity contribution in [3.63, 3.8) is 0 Å². The van der Waals surface area contributed by atoms with Gasteiger partial charge in [-0.15, -0.1) is 0 Å². The fourth-order valence-corrected chi connectivity index (χ4v) is 3.02. The molecule has 1 heterocycles. The summed E-state index contributed by atoms with van der Waals surface area (Å²) < 4.78 is 5.38. The van der Waals surface area contributed by atoms with Gasteiger partial charge in [0, 0.05) is 25.2 Å². The molecule has 3 heteroatoms. The van der Waals surface area contributed by atoms with Crippen molar-refractivity contribution in [3.8, 4) is 0 Å². The molecule has 1 aliphatic heterocycles. The summed E-state index contributed by atoms with van der Waals surface area (Å²) in [7, 11) is 0. The van der Waals surface area contributed by atoms with E-state index in [4.69, 9.17) is 10.5 Å². The zero-order valence-corrected chi connectivity index (χ0v) is 11.2. The van der Waals surface area contributed by atoms with Crippen LogP contribution in [0.25, 0.3) is 0 Å². The largest absolute Gasteiger partial charge is 0.381 e. The fourth-order valence-electron chi connectivity index (χ4n) is 3.02. The van der Waals surface area contributed by atoms with Crippen molar-refractivity contribution in [2.45, 2.75) is 51.4 Å². The van der Waals surface area contributed by atoms with E-state index >= 15 is 0 Å². The van der Waals surface area contributed by atoms with E-state index in [0.717, 1.165) is 37.7 Å². The van der Waals surface area contributed by atoms with Gasteiger partial charge in [0.05, 0.1) is 0 Å². The first-order chi connectivity index (χ1) is 8.78. The number of rotatable bonds is 3. The minimum absolute atomic E-state index is 0.315. The summed E-state index contributed by atoms with van der Waals surface area (Å²) in [5.41, 5.74) is 6.63. The number of carbonyl (C=O) groups is 1. The summed E-state index contributed by atoms with van der Waals surface area (Å²) in [5, 5.41) is 0. The molecule has 102 valence electrons. The van der Waals surface area contributed by atoms with E-state index in [1.54, 1.807) is 0 Å². The molecule has 2 N–H and O–H groups in total. The number of Topliss-reactive ketones (excluding diaryl/α,β-unsaturated/α-hetero) is 1. The molecule has 0 spiro atoms. The molecule has 1 saturated heterocycles. The normalized spacial score (nSPS) is 24.8. The first-order valence-electron chi connectivity index (χ1n) is 7.30.